The predicted molar refractivity (Wildman–Crippen MR) is 90.1 cm³/mol. The first-order valence-corrected chi connectivity index (χ1v) is 9.86. The topological polar surface area (TPSA) is 0 Å². The summed E-state index contributed by atoms with van der Waals surface area (Å²) in [4.78, 5) is 0. The van der Waals surface area contributed by atoms with Crippen molar-refractivity contribution in [1.82, 2.24) is 0 Å². The van der Waals surface area contributed by atoms with Gasteiger partial charge in [-0.2, -0.15) is 0 Å². The third-order valence-corrected chi connectivity index (χ3v) is 8.96. The number of allylic oxidation sites excluding steroid dienone is 1. The second-order valence-electron chi connectivity index (χ2n) is 9.45. The summed E-state index contributed by atoms with van der Waals surface area (Å²) in [5.41, 5.74) is 1.03. The fourth-order valence-corrected chi connectivity index (χ4v) is 7.74. The number of rotatable bonds is 1. The second-order valence-corrected chi connectivity index (χ2v) is 9.45. The van der Waals surface area contributed by atoms with Crippen LogP contribution in [0.25, 0.3) is 0 Å². The molecule has 7 atom stereocenters. The van der Waals surface area contributed by atoms with Gasteiger partial charge in [-0.05, 0) is 91.8 Å². The Balaban J connectivity index is 1.62. The lowest BCUT2D eigenvalue weighted by atomic mass is 9.45. The van der Waals surface area contributed by atoms with Gasteiger partial charge in [-0.1, -0.05) is 32.8 Å². The summed E-state index contributed by atoms with van der Waals surface area (Å²) in [5.74, 6) is 4.29. The lowest BCUT2D eigenvalue weighted by Crippen LogP contribution is -2.52. The smallest absolute Gasteiger partial charge is 0.0830 e. The Morgan fingerprint density at radius 2 is 1.64 bits per heavy atom. The van der Waals surface area contributed by atoms with Crippen molar-refractivity contribution in [2.45, 2.75) is 78.1 Å². The Morgan fingerprint density at radius 3 is 2.45 bits per heavy atom. The summed E-state index contributed by atoms with van der Waals surface area (Å²) < 4.78 is 12.8. The van der Waals surface area contributed by atoms with Crippen molar-refractivity contribution >= 4 is 0 Å². The molecule has 0 aromatic rings. The molecule has 0 bridgehead atoms. The molecule has 4 aliphatic rings. The van der Waals surface area contributed by atoms with Crippen LogP contribution in [0.3, 0.4) is 0 Å². The predicted octanol–water partition coefficient (Wildman–Crippen LogP) is 6.52. The maximum Gasteiger partial charge on any atom is 0.0830 e. The first kappa shape index (κ1) is 15.2. The van der Waals surface area contributed by atoms with Crippen molar-refractivity contribution in [3.63, 3.8) is 0 Å². The van der Waals surface area contributed by atoms with E-state index in [-0.39, 0.29) is 0 Å². The van der Waals surface area contributed by atoms with Crippen LogP contribution in [0.1, 0.15) is 78.1 Å². The summed E-state index contributed by atoms with van der Waals surface area (Å²) in [6.45, 7) is 5.13. The second kappa shape index (κ2) is 5.35. The Kier molecular flexibility index (Phi) is 3.70. The molecule has 0 radical (unpaired) electrons. The molecule has 22 heavy (non-hydrogen) atoms. The van der Waals surface area contributed by atoms with Crippen molar-refractivity contribution in [3.05, 3.63) is 12.4 Å². The molecule has 1 unspecified atom stereocenters. The quantitative estimate of drug-likeness (QED) is 0.517. The standard InChI is InChI=1S/C21H33F/c1-20-12-4-3-5-15(20)6-8-17-18-9-7-16(11-14-22)21(18,2)13-10-19(17)20/h11,14-19H,3-10,12-13H2,1-2H3/t15?,16-,17+,18+,19+,20+,21-/m1/s1. The number of hydrogen-bond donors (Lipinski definition) is 0. The summed E-state index contributed by atoms with van der Waals surface area (Å²) >= 11 is 0. The number of halogens is 1. The first-order chi connectivity index (χ1) is 10.6. The maximum atomic E-state index is 12.8. The van der Waals surface area contributed by atoms with Crippen LogP contribution in [0.5, 0.6) is 0 Å². The Morgan fingerprint density at radius 1 is 0.818 bits per heavy atom. The van der Waals surface area contributed by atoms with Crippen molar-refractivity contribution < 1.29 is 4.39 Å². The molecule has 124 valence electrons. The molecule has 0 amide bonds. The number of hydrogen-bond acceptors (Lipinski definition) is 0. The molecule has 0 saturated heterocycles. The minimum absolute atomic E-state index is 0.390. The minimum Gasteiger partial charge on any atom is -0.216 e. The van der Waals surface area contributed by atoms with E-state index < -0.39 is 0 Å². The molecule has 1 heteroatoms. The van der Waals surface area contributed by atoms with Crippen LogP contribution in [-0.4, -0.2) is 0 Å². The Labute approximate surface area is 135 Å². The molecular weight excluding hydrogens is 271 g/mol. The van der Waals surface area contributed by atoms with Crippen LogP contribution in [0, 0.1) is 40.4 Å². The van der Waals surface area contributed by atoms with Gasteiger partial charge in [0.1, 0.15) is 0 Å². The Bertz CT molecular complexity index is 455. The van der Waals surface area contributed by atoms with E-state index in [1.165, 1.54) is 64.2 Å². The van der Waals surface area contributed by atoms with Gasteiger partial charge in [0.05, 0.1) is 6.33 Å². The van der Waals surface area contributed by atoms with Gasteiger partial charge in [0, 0.05) is 0 Å². The molecular formula is C21H33F. The molecule has 4 saturated carbocycles. The van der Waals surface area contributed by atoms with E-state index in [4.69, 9.17) is 0 Å². The van der Waals surface area contributed by atoms with E-state index in [1.807, 2.05) is 6.08 Å². The van der Waals surface area contributed by atoms with Crippen molar-refractivity contribution in [3.8, 4) is 0 Å². The molecule has 0 aliphatic heterocycles. The zero-order valence-corrected chi connectivity index (χ0v) is 14.5. The van der Waals surface area contributed by atoms with Gasteiger partial charge in [0.2, 0.25) is 0 Å². The molecule has 0 spiro atoms. The fraction of sp³-hybridized carbons (Fsp3) is 0.905. The van der Waals surface area contributed by atoms with Crippen LogP contribution in [0.4, 0.5) is 4.39 Å². The summed E-state index contributed by atoms with van der Waals surface area (Å²) in [7, 11) is 0. The van der Waals surface area contributed by atoms with Gasteiger partial charge in [0.15, 0.2) is 0 Å². The zero-order valence-electron chi connectivity index (χ0n) is 14.5. The van der Waals surface area contributed by atoms with Gasteiger partial charge in [-0.25, -0.2) is 4.39 Å². The average Bonchev–Trinajstić information content (AvgIpc) is 2.84. The third-order valence-electron chi connectivity index (χ3n) is 8.96. The van der Waals surface area contributed by atoms with E-state index in [0.717, 1.165) is 30.0 Å². The minimum atomic E-state index is 0.390. The molecule has 0 N–H and O–H groups in total. The molecule has 4 rings (SSSR count). The first-order valence-electron chi connectivity index (χ1n) is 9.86. The van der Waals surface area contributed by atoms with E-state index in [2.05, 4.69) is 13.8 Å². The van der Waals surface area contributed by atoms with Gasteiger partial charge < -0.3 is 0 Å². The highest BCUT2D eigenvalue weighted by Gasteiger charge is 2.59. The van der Waals surface area contributed by atoms with Gasteiger partial charge in [-0.15, -0.1) is 0 Å². The summed E-state index contributed by atoms with van der Waals surface area (Å²) in [5, 5.41) is 0. The summed E-state index contributed by atoms with van der Waals surface area (Å²) in [6.07, 6.45) is 16.9. The SMILES string of the molecule is C[C@]12CC[C@H]3[C@@H](CCC4CCCC[C@@]43C)[C@@H]1CC[C@@H]2C=CF. The van der Waals surface area contributed by atoms with E-state index in [9.17, 15) is 4.39 Å². The maximum absolute atomic E-state index is 12.8. The molecule has 0 nitrogen and oxygen atoms in total. The molecule has 4 fully saturated rings. The van der Waals surface area contributed by atoms with E-state index in [1.54, 1.807) is 0 Å². The highest BCUT2D eigenvalue weighted by Crippen LogP contribution is 2.67. The molecule has 0 aromatic carbocycles. The van der Waals surface area contributed by atoms with Crippen LogP contribution >= 0.6 is 0 Å². The largest absolute Gasteiger partial charge is 0.216 e. The van der Waals surface area contributed by atoms with Crippen LogP contribution in [-0.2, 0) is 0 Å². The average molecular weight is 304 g/mol. The lowest BCUT2D eigenvalue weighted by molar-refractivity contribution is -0.107. The van der Waals surface area contributed by atoms with Gasteiger partial charge in [-0.3, -0.25) is 0 Å². The van der Waals surface area contributed by atoms with Crippen LogP contribution in [0.15, 0.2) is 12.4 Å². The Hall–Kier alpha value is -0.330. The van der Waals surface area contributed by atoms with E-state index >= 15 is 0 Å². The zero-order chi connectivity index (χ0) is 15.4. The summed E-state index contributed by atoms with van der Waals surface area (Å²) in [6, 6.07) is 0. The molecule has 0 heterocycles. The normalized spacial score (nSPS) is 54.8. The lowest BCUT2D eigenvalue weighted by Gasteiger charge is -2.60. The van der Waals surface area contributed by atoms with Gasteiger partial charge in [0.25, 0.3) is 0 Å². The highest BCUT2D eigenvalue weighted by molar-refractivity contribution is 5.11. The highest BCUT2D eigenvalue weighted by atomic mass is 19.1. The van der Waals surface area contributed by atoms with Crippen molar-refractivity contribution in [2.24, 2.45) is 40.4 Å². The third kappa shape index (κ3) is 1.99. The van der Waals surface area contributed by atoms with Crippen LogP contribution in [0.2, 0.25) is 0 Å². The van der Waals surface area contributed by atoms with Crippen LogP contribution < -0.4 is 0 Å². The fourth-order valence-electron chi connectivity index (χ4n) is 7.74. The molecule has 4 aliphatic carbocycles. The number of fused-ring (bicyclic) bond motifs is 5. The van der Waals surface area contributed by atoms with Crippen molar-refractivity contribution in [1.29, 1.82) is 0 Å². The molecule has 0 aromatic heterocycles. The monoisotopic (exact) mass is 304 g/mol. The van der Waals surface area contributed by atoms with E-state index in [0.29, 0.717) is 16.7 Å². The van der Waals surface area contributed by atoms with Crippen molar-refractivity contribution in [2.75, 3.05) is 0 Å². The van der Waals surface area contributed by atoms with Gasteiger partial charge >= 0.3 is 0 Å².